The lowest BCUT2D eigenvalue weighted by Gasteiger charge is -2.15. The third-order valence-corrected chi connectivity index (χ3v) is 3.69. The van der Waals surface area contributed by atoms with Crippen LogP contribution in [0.1, 0.15) is 18.4 Å². The Morgan fingerprint density at radius 3 is 2.67 bits per heavy atom. The van der Waals surface area contributed by atoms with E-state index in [4.69, 9.17) is 23.2 Å². The van der Waals surface area contributed by atoms with Crippen LogP contribution in [0.2, 0.25) is 10.0 Å². The van der Waals surface area contributed by atoms with Gasteiger partial charge in [-0.15, -0.1) is 0 Å². The molecule has 1 aliphatic rings. The monoisotopic (exact) mass is 243 g/mol. The molecule has 0 bridgehead atoms. The molecule has 1 aromatic rings. The molecule has 1 nitrogen and oxygen atoms in total. The van der Waals surface area contributed by atoms with Crippen molar-refractivity contribution >= 4 is 23.2 Å². The number of rotatable bonds is 4. The van der Waals surface area contributed by atoms with Crippen molar-refractivity contribution in [3.63, 3.8) is 0 Å². The van der Waals surface area contributed by atoms with Crippen molar-refractivity contribution < 1.29 is 0 Å². The molecule has 1 saturated carbocycles. The molecule has 0 saturated heterocycles. The average Bonchev–Trinajstić information content (AvgIpc) is 2.92. The first-order valence-electron chi connectivity index (χ1n) is 5.24. The zero-order chi connectivity index (χ0) is 10.9. The minimum atomic E-state index is 0.434. The molecule has 0 unspecified atom stereocenters. The van der Waals surface area contributed by atoms with Gasteiger partial charge in [-0.3, -0.25) is 0 Å². The van der Waals surface area contributed by atoms with Gasteiger partial charge in [-0.05, 0) is 55.5 Å². The highest BCUT2D eigenvalue weighted by molar-refractivity contribution is 6.33. The fourth-order valence-electron chi connectivity index (χ4n) is 2.05. The van der Waals surface area contributed by atoms with Gasteiger partial charge in [-0.1, -0.05) is 23.2 Å². The third-order valence-electron chi connectivity index (χ3n) is 3.08. The molecule has 3 heteroatoms. The lowest BCUT2D eigenvalue weighted by atomic mass is 9.96. The first kappa shape index (κ1) is 11.3. The molecule has 1 N–H and O–H groups in total. The van der Waals surface area contributed by atoms with Crippen LogP contribution >= 0.6 is 23.2 Å². The molecule has 82 valence electrons. The lowest BCUT2D eigenvalue weighted by Crippen LogP contribution is -2.22. The van der Waals surface area contributed by atoms with Crippen molar-refractivity contribution in [2.45, 2.75) is 19.3 Å². The number of nitrogens with one attached hydrogen (secondary N) is 1. The van der Waals surface area contributed by atoms with Gasteiger partial charge in [0.05, 0.1) is 0 Å². The van der Waals surface area contributed by atoms with Crippen LogP contribution in [-0.4, -0.2) is 13.6 Å². The third kappa shape index (κ3) is 2.66. The summed E-state index contributed by atoms with van der Waals surface area (Å²) in [7, 11) is 2.00. The molecular weight excluding hydrogens is 229 g/mol. The molecule has 0 aromatic heterocycles. The predicted octanol–water partition coefficient (Wildman–Crippen LogP) is 3.54. The molecule has 1 aromatic carbocycles. The summed E-state index contributed by atoms with van der Waals surface area (Å²) < 4.78 is 0. The first-order valence-corrected chi connectivity index (χ1v) is 5.99. The number of hydrogen-bond acceptors (Lipinski definition) is 1. The van der Waals surface area contributed by atoms with E-state index < -0.39 is 0 Å². The van der Waals surface area contributed by atoms with E-state index in [9.17, 15) is 0 Å². The first-order chi connectivity index (χ1) is 7.15. The molecule has 2 rings (SSSR count). The van der Waals surface area contributed by atoms with E-state index >= 15 is 0 Å². The van der Waals surface area contributed by atoms with Gasteiger partial charge in [0.2, 0.25) is 0 Å². The normalized spacial score (nSPS) is 17.8. The zero-order valence-corrected chi connectivity index (χ0v) is 10.3. The SMILES string of the molecule is CNCC1(Cc2cc(Cl)ccc2Cl)CC1. The topological polar surface area (TPSA) is 12.0 Å². The van der Waals surface area contributed by atoms with E-state index in [-0.39, 0.29) is 0 Å². The van der Waals surface area contributed by atoms with E-state index in [1.54, 1.807) is 0 Å². The summed E-state index contributed by atoms with van der Waals surface area (Å²) in [5, 5.41) is 4.86. The van der Waals surface area contributed by atoms with Crippen LogP contribution in [-0.2, 0) is 6.42 Å². The summed E-state index contributed by atoms with van der Waals surface area (Å²) in [6, 6.07) is 5.71. The minimum absolute atomic E-state index is 0.434. The maximum atomic E-state index is 6.15. The Hall–Kier alpha value is -0.240. The second-order valence-electron chi connectivity index (χ2n) is 4.44. The summed E-state index contributed by atoms with van der Waals surface area (Å²) in [6.07, 6.45) is 3.61. The van der Waals surface area contributed by atoms with E-state index in [0.717, 1.165) is 23.0 Å². The van der Waals surface area contributed by atoms with Crippen LogP contribution in [0.15, 0.2) is 18.2 Å². The van der Waals surface area contributed by atoms with Gasteiger partial charge in [-0.2, -0.15) is 0 Å². The Morgan fingerprint density at radius 1 is 1.33 bits per heavy atom. The van der Waals surface area contributed by atoms with Crippen molar-refractivity contribution in [3.05, 3.63) is 33.8 Å². The van der Waals surface area contributed by atoms with E-state index in [1.807, 2.05) is 25.2 Å². The number of hydrogen-bond donors (Lipinski definition) is 1. The largest absolute Gasteiger partial charge is 0.319 e. The van der Waals surface area contributed by atoms with Crippen LogP contribution in [0.4, 0.5) is 0 Å². The van der Waals surface area contributed by atoms with E-state index in [0.29, 0.717) is 5.41 Å². The fraction of sp³-hybridized carbons (Fsp3) is 0.500. The highest BCUT2D eigenvalue weighted by Gasteiger charge is 2.41. The minimum Gasteiger partial charge on any atom is -0.319 e. The van der Waals surface area contributed by atoms with Gasteiger partial charge in [0.15, 0.2) is 0 Å². The second kappa shape index (κ2) is 4.32. The smallest absolute Gasteiger partial charge is 0.0439 e. The van der Waals surface area contributed by atoms with Gasteiger partial charge < -0.3 is 5.32 Å². The molecule has 0 aliphatic heterocycles. The van der Waals surface area contributed by atoms with E-state index in [2.05, 4.69) is 5.32 Å². The molecule has 1 fully saturated rings. The van der Waals surface area contributed by atoms with Crippen LogP contribution in [0.5, 0.6) is 0 Å². The molecule has 1 aliphatic carbocycles. The quantitative estimate of drug-likeness (QED) is 0.854. The van der Waals surface area contributed by atoms with E-state index in [1.165, 1.54) is 18.4 Å². The zero-order valence-electron chi connectivity index (χ0n) is 8.82. The van der Waals surface area contributed by atoms with Crippen LogP contribution in [0, 0.1) is 5.41 Å². The van der Waals surface area contributed by atoms with Crippen molar-refractivity contribution in [2.75, 3.05) is 13.6 Å². The van der Waals surface area contributed by atoms with Crippen LogP contribution < -0.4 is 5.32 Å². The van der Waals surface area contributed by atoms with Gasteiger partial charge in [0.1, 0.15) is 0 Å². The maximum absolute atomic E-state index is 6.15. The van der Waals surface area contributed by atoms with Crippen molar-refractivity contribution in [1.82, 2.24) is 5.32 Å². The fourth-order valence-corrected chi connectivity index (χ4v) is 2.43. The Balaban J connectivity index is 2.13. The summed E-state index contributed by atoms with van der Waals surface area (Å²) >= 11 is 12.1. The molecule has 0 amide bonds. The molecule has 0 radical (unpaired) electrons. The summed E-state index contributed by atoms with van der Waals surface area (Å²) in [5.41, 5.74) is 1.61. The van der Waals surface area contributed by atoms with Crippen LogP contribution in [0.25, 0.3) is 0 Å². The number of benzene rings is 1. The van der Waals surface area contributed by atoms with Gasteiger partial charge in [0.25, 0.3) is 0 Å². The average molecular weight is 244 g/mol. The van der Waals surface area contributed by atoms with Gasteiger partial charge in [0, 0.05) is 16.6 Å². The Labute approximate surface area is 101 Å². The predicted molar refractivity (Wildman–Crippen MR) is 65.8 cm³/mol. The molecular formula is C12H15Cl2N. The van der Waals surface area contributed by atoms with Crippen molar-refractivity contribution in [3.8, 4) is 0 Å². The van der Waals surface area contributed by atoms with Gasteiger partial charge in [-0.25, -0.2) is 0 Å². The highest BCUT2D eigenvalue weighted by Crippen LogP contribution is 2.48. The maximum Gasteiger partial charge on any atom is 0.0439 e. The molecule has 15 heavy (non-hydrogen) atoms. The Morgan fingerprint density at radius 2 is 2.07 bits per heavy atom. The van der Waals surface area contributed by atoms with Crippen molar-refractivity contribution in [1.29, 1.82) is 0 Å². The van der Waals surface area contributed by atoms with Crippen molar-refractivity contribution in [2.24, 2.45) is 5.41 Å². The van der Waals surface area contributed by atoms with Gasteiger partial charge >= 0.3 is 0 Å². The molecule has 0 spiro atoms. The number of halogens is 2. The molecule has 0 heterocycles. The standard InChI is InChI=1S/C12H15Cl2N/c1-15-8-12(4-5-12)7-9-6-10(13)2-3-11(9)14/h2-3,6,15H,4-5,7-8H2,1H3. The lowest BCUT2D eigenvalue weighted by molar-refractivity contribution is 0.478. The Bertz CT molecular complexity index is 359. The summed E-state index contributed by atoms with van der Waals surface area (Å²) in [6.45, 7) is 1.07. The summed E-state index contributed by atoms with van der Waals surface area (Å²) in [4.78, 5) is 0. The molecule has 0 atom stereocenters. The highest BCUT2D eigenvalue weighted by atomic mass is 35.5. The Kier molecular flexibility index (Phi) is 3.24. The summed E-state index contributed by atoms with van der Waals surface area (Å²) in [5.74, 6) is 0. The van der Waals surface area contributed by atoms with Crippen LogP contribution in [0.3, 0.4) is 0 Å². The second-order valence-corrected chi connectivity index (χ2v) is 5.29.